The van der Waals surface area contributed by atoms with E-state index in [4.69, 9.17) is 9.15 Å². The number of rotatable bonds is 7. The predicted molar refractivity (Wildman–Crippen MR) is 168 cm³/mol. The number of amides is 2. The van der Waals surface area contributed by atoms with Crippen LogP contribution in [0.1, 0.15) is 32.0 Å². The molecular formula is C33H29FN4O6S. The van der Waals surface area contributed by atoms with Crippen molar-refractivity contribution in [2.24, 2.45) is 0 Å². The van der Waals surface area contributed by atoms with Gasteiger partial charge in [0.05, 0.1) is 23.2 Å². The second-order valence-electron chi connectivity index (χ2n) is 10.8. The molecule has 0 aliphatic carbocycles. The van der Waals surface area contributed by atoms with E-state index < -0.39 is 27.7 Å². The number of furan rings is 1. The van der Waals surface area contributed by atoms with Gasteiger partial charge in [0.15, 0.2) is 18.2 Å². The highest BCUT2D eigenvalue weighted by Gasteiger charge is 2.30. The van der Waals surface area contributed by atoms with Crippen LogP contribution in [0, 0.1) is 12.7 Å². The van der Waals surface area contributed by atoms with Gasteiger partial charge in [0, 0.05) is 43.2 Å². The van der Waals surface area contributed by atoms with E-state index >= 15 is 0 Å². The van der Waals surface area contributed by atoms with Gasteiger partial charge in [-0.1, -0.05) is 42.0 Å². The molecule has 1 N–H and O–H groups in total. The number of carbonyl (C=O) groups is 2. The fourth-order valence-electron chi connectivity index (χ4n) is 5.23. The fourth-order valence-corrected chi connectivity index (χ4v) is 5.74. The van der Waals surface area contributed by atoms with E-state index in [2.05, 4.69) is 10.3 Å². The zero-order valence-electron chi connectivity index (χ0n) is 24.9. The number of halogens is 1. The smallest absolute Gasteiger partial charge is 0.279 e. The van der Waals surface area contributed by atoms with Crippen LogP contribution in [0.4, 0.5) is 10.1 Å². The molecule has 2 aromatic heterocycles. The molecule has 12 heteroatoms. The highest BCUT2D eigenvalue weighted by Crippen LogP contribution is 2.41. The number of aryl methyl sites for hydroxylation is 1. The molecule has 0 fully saturated rings. The first kappa shape index (κ1) is 29.8. The lowest BCUT2D eigenvalue weighted by Crippen LogP contribution is -2.38. The van der Waals surface area contributed by atoms with Crippen molar-refractivity contribution in [2.75, 3.05) is 31.4 Å². The predicted octanol–water partition coefficient (Wildman–Crippen LogP) is 5.36. The molecule has 230 valence electrons. The van der Waals surface area contributed by atoms with E-state index in [0.717, 1.165) is 16.1 Å². The molecule has 3 aromatic carbocycles. The van der Waals surface area contributed by atoms with Crippen LogP contribution in [0.15, 0.2) is 77.2 Å². The Bertz CT molecular complexity index is 2090. The molecule has 0 atom stereocenters. The summed E-state index contributed by atoms with van der Waals surface area (Å²) < 4.78 is 52.4. The Kier molecular flexibility index (Phi) is 7.53. The van der Waals surface area contributed by atoms with E-state index in [1.165, 1.54) is 31.1 Å². The van der Waals surface area contributed by atoms with E-state index in [9.17, 15) is 22.4 Å². The Hall–Kier alpha value is -5.23. The second kappa shape index (κ2) is 11.4. The maximum absolute atomic E-state index is 13.8. The van der Waals surface area contributed by atoms with Gasteiger partial charge < -0.3 is 14.5 Å². The summed E-state index contributed by atoms with van der Waals surface area (Å²) in [6.07, 6.45) is 1.07. The number of carbonyl (C=O) groups excluding carboxylic acids is 2. The van der Waals surface area contributed by atoms with E-state index in [1.807, 2.05) is 31.2 Å². The number of anilines is 1. The molecule has 1 aliphatic heterocycles. The van der Waals surface area contributed by atoms with Crippen LogP contribution in [0.25, 0.3) is 33.6 Å². The maximum atomic E-state index is 13.8. The Balaban J connectivity index is 1.52. The highest BCUT2D eigenvalue weighted by molar-refractivity contribution is 7.92. The quantitative estimate of drug-likeness (QED) is 0.258. The third kappa shape index (κ3) is 5.60. The molecule has 0 saturated carbocycles. The van der Waals surface area contributed by atoms with Crippen LogP contribution < -0.4 is 14.4 Å². The molecule has 2 amide bonds. The van der Waals surface area contributed by atoms with Crippen LogP contribution in [0.5, 0.6) is 5.75 Å². The first-order valence-electron chi connectivity index (χ1n) is 14.0. The van der Waals surface area contributed by atoms with Crippen LogP contribution >= 0.6 is 0 Å². The van der Waals surface area contributed by atoms with Crippen LogP contribution in [0.2, 0.25) is 0 Å². The Morgan fingerprint density at radius 2 is 1.84 bits per heavy atom. The third-order valence-corrected chi connectivity index (χ3v) is 8.86. The number of nitrogens with zero attached hydrogens (tertiary/aromatic N) is 3. The second-order valence-corrected chi connectivity index (χ2v) is 12.8. The van der Waals surface area contributed by atoms with Crippen molar-refractivity contribution in [3.8, 4) is 28.3 Å². The van der Waals surface area contributed by atoms with Crippen LogP contribution in [-0.2, 0) is 16.6 Å². The lowest BCUT2D eigenvalue weighted by atomic mass is 10.00. The third-order valence-electron chi connectivity index (χ3n) is 7.67. The maximum Gasteiger partial charge on any atom is 0.279 e. The number of benzene rings is 3. The summed E-state index contributed by atoms with van der Waals surface area (Å²) in [6, 6.07) is 19.8. The summed E-state index contributed by atoms with van der Waals surface area (Å²) in [5.41, 5.74) is 3.70. The van der Waals surface area contributed by atoms with Gasteiger partial charge in [0.25, 0.3) is 11.8 Å². The Morgan fingerprint density at radius 3 is 2.53 bits per heavy atom. The molecule has 0 saturated heterocycles. The van der Waals surface area contributed by atoms with Gasteiger partial charge >= 0.3 is 0 Å². The number of sulfonamides is 1. The van der Waals surface area contributed by atoms with Crippen molar-refractivity contribution in [1.29, 1.82) is 0 Å². The van der Waals surface area contributed by atoms with Gasteiger partial charge in [-0.2, -0.15) is 0 Å². The Morgan fingerprint density at radius 1 is 1.09 bits per heavy atom. The molecule has 45 heavy (non-hydrogen) atoms. The Labute approximate surface area is 259 Å². The summed E-state index contributed by atoms with van der Waals surface area (Å²) in [6.45, 7) is 2.00. The number of hydrogen-bond acceptors (Lipinski definition) is 7. The van der Waals surface area contributed by atoms with Crippen molar-refractivity contribution < 1.29 is 31.6 Å². The average molecular weight is 629 g/mol. The number of aromatic nitrogens is 1. The van der Waals surface area contributed by atoms with E-state index in [0.29, 0.717) is 27.8 Å². The minimum Gasteiger partial charge on any atom is -0.471 e. The lowest BCUT2D eigenvalue weighted by molar-refractivity contribution is 0.0488. The first-order valence-corrected chi connectivity index (χ1v) is 15.8. The van der Waals surface area contributed by atoms with Gasteiger partial charge in [-0.25, -0.2) is 17.8 Å². The van der Waals surface area contributed by atoms with Gasteiger partial charge in [-0.3, -0.25) is 18.8 Å². The number of hydrogen-bond donors (Lipinski definition) is 1. The first-order chi connectivity index (χ1) is 21.4. The molecule has 5 aromatic rings. The number of pyridine rings is 1. The zero-order chi connectivity index (χ0) is 32.0. The molecule has 0 bridgehead atoms. The van der Waals surface area contributed by atoms with Crippen molar-refractivity contribution in [3.05, 3.63) is 101 Å². The zero-order valence-corrected chi connectivity index (χ0v) is 25.7. The lowest BCUT2D eigenvalue weighted by Gasteiger charge is -2.28. The minimum atomic E-state index is -3.76. The molecule has 0 radical (unpaired) electrons. The standard InChI is InChI=1S/C33H29FN4O6S/c1-19-8-10-21(11-9-19)31-29(32(39)35-2)24-15-23(26(16-28(24)44-31)37(3)45(4,41)42)25-12-13-27-30(36-25)33(40)38(18-43-27)17-20-6-5-7-22(34)14-20/h5-16H,17-18H2,1-4H3,(H,35,39). The van der Waals surface area contributed by atoms with Gasteiger partial charge in [-0.05, 0) is 42.8 Å². The summed E-state index contributed by atoms with van der Waals surface area (Å²) in [7, 11) is -0.845. The van der Waals surface area contributed by atoms with Gasteiger partial charge in [-0.15, -0.1) is 0 Å². The number of fused-ring (bicyclic) bond motifs is 2. The molecular weight excluding hydrogens is 599 g/mol. The molecule has 6 rings (SSSR count). The largest absolute Gasteiger partial charge is 0.471 e. The van der Waals surface area contributed by atoms with Crippen molar-refractivity contribution in [2.45, 2.75) is 13.5 Å². The number of nitrogens with one attached hydrogen (secondary N) is 1. The summed E-state index contributed by atoms with van der Waals surface area (Å²) in [5, 5.41) is 3.10. The van der Waals surface area contributed by atoms with Crippen molar-refractivity contribution in [1.82, 2.24) is 15.2 Å². The molecule has 1 aliphatic rings. The summed E-state index contributed by atoms with van der Waals surface area (Å²) in [5.74, 6) is -0.664. The SMILES string of the molecule is CNC(=O)c1c(-c2ccc(C)cc2)oc2cc(N(C)S(C)(=O)=O)c(-c3ccc4c(n3)C(=O)N(Cc3cccc(F)c3)CO4)cc12. The van der Waals surface area contributed by atoms with E-state index in [1.54, 1.807) is 36.4 Å². The fraction of sp³-hybridized carbons (Fsp3) is 0.182. The molecule has 0 unspecified atom stereocenters. The average Bonchev–Trinajstić information content (AvgIpc) is 3.39. The van der Waals surface area contributed by atoms with Crippen LogP contribution in [-0.4, -0.2) is 57.2 Å². The monoisotopic (exact) mass is 628 g/mol. The van der Waals surface area contributed by atoms with Crippen molar-refractivity contribution >= 4 is 38.5 Å². The molecule has 0 spiro atoms. The summed E-state index contributed by atoms with van der Waals surface area (Å²) in [4.78, 5) is 32.8. The molecule has 10 nitrogen and oxygen atoms in total. The van der Waals surface area contributed by atoms with Crippen LogP contribution in [0.3, 0.4) is 0 Å². The van der Waals surface area contributed by atoms with E-state index in [-0.39, 0.29) is 47.2 Å². The van der Waals surface area contributed by atoms with Crippen molar-refractivity contribution in [3.63, 3.8) is 0 Å². The highest BCUT2D eigenvalue weighted by atomic mass is 32.2. The van der Waals surface area contributed by atoms with Gasteiger partial charge in [0.1, 0.15) is 17.2 Å². The normalized spacial score (nSPS) is 13.0. The van der Waals surface area contributed by atoms with Gasteiger partial charge in [0.2, 0.25) is 10.0 Å². The molecule has 3 heterocycles. The summed E-state index contributed by atoms with van der Waals surface area (Å²) >= 11 is 0. The minimum absolute atomic E-state index is 0.0160. The topological polar surface area (TPSA) is 122 Å². The number of ether oxygens (including phenoxy) is 1.